The minimum Gasteiger partial charge on any atom is -0.489 e. The number of hydrogen-bond donors (Lipinski definition) is 1. The molecule has 1 heterocycles. The highest BCUT2D eigenvalue weighted by Gasteiger charge is 2.09. The lowest BCUT2D eigenvalue weighted by atomic mass is 10.2. The molecule has 0 saturated carbocycles. The van der Waals surface area contributed by atoms with Crippen LogP contribution in [0.25, 0.3) is 0 Å². The van der Waals surface area contributed by atoms with Crippen LogP contribution in [0.15, 0.2) is 89.3 Å². The van der Waals surface area contributed by atoms with Gasteiger partial charge in [0.2, 0.25) is 5.13 Å². The van der Waals surface area contributed by atoms with Gasteiger partial charge in [-0.2, -0.15) is 5.10 Å². The standard InChI is InChI=1S/C28H27N3O4S/c1-2-33-27(32)15-24-20-36-28(30-24)31-29-17-23-13-14-25(34-18-21-9-5-3-6-10-21)16-26(23)35-19-22-11-7-4-8-12-22/h3-14,16-17,20H,2,15,18-19H2,1H3,(H,30,31). The summed E-state index contributed by atoms with van der Waals surface area (Å²) in [4.78, 5) is 16.0. The monoisotopic (exact) mass is 501 g/mol. The van der Waals surface area contributed by atoms with Gasteiger partial charge < -0.3 is 14.2 Å². The molecule has 0 radical (unpaired) electrons. The molecule has 3 aromatic carbocycles. The fraction of sp³-hybridized carbons (Fsp3) is 0.179. The summed E-state index contributed by atoms with van der Waals surface area (Å²) >= 11 is 1.37. The van der Waals surface area contributed by atoms with Gasteiger partial charge in [0, 0.05) is 17.0 Å². The van der Waals surface area contributed by atoms with E-state index in [1.807, 2.05) is 84.2 Å². The van der Waals surface area contributed by atoms with E-state index in [9.17, 15) is 4.79 Å². The Morgan fingerprint density at radius 3 is 2.36 bits per heavy atom. The number of thiazole rings is 1. The quantitative estimate of drug-likeness (QED) is 0.149. The van der Waals surface area contributed by atoms with Gasteiger partial charge >= 0.3 is 5.97 Å². The number of benzene rings is 3. The van der Waals surface area contributed by atoms with E-state index in [2.05, 4.69) is 15.5 Å². The SMILES string of the molecule is CCOC(=O)Cc1csc(NN=Cc2ccc(OCc3ccccc3)cc2OCc2ccccc2)n1. The first-order valence-electron chi connectivity index (χ1n) is 11.6. The van der Waals surface area contributed by atoms with Crippen molar-refractivity contribution in [3.05, 3.63) is 107 Å². The lowest BCUT2D eigenvalue weighted by molar-refractivity contribution is -0.142. The zero-order valence-electron chi connectivity index (χ0n) is 19.9. The van der Waals surface area contributed by atoms with Gasteiger partial charge in [-0.15, -0.1) is 11.3 Å². The number of ether oxygens (including phenoxy) is 3. The average Bonchev–Trinajstić information content (AvgIpc) is 3.35. The minimum absolute atomic E-state index is 0.137. The molecular formula is C28H27N3O4S. The normalized spacial score (nSPS) is 10.8. The smallest absolute Gasteiger partial charge is 0.311 e. The molecule has 0 bridgehead atoms. The topological polar surface area (TPSA) is 82.0 Å². The van der Waals surface area contributed by atoms with Gasteiger partial charge in [-0.1, -0.05) is 60.7 Å². The van der Waals surface area contributed by atoms with Gasteiger partial charge in [-0.25, -0.2) is 4.98 Å². The van der Waals surface area contributed by atoms with E-state index in [4.69, 9.17) is 14.2 Å². The van der Waals surface area contributed by atoms with E-state index in [0.29, 0.717) is 42.1 Å². The predicted octanol–water partition coefficient (Wildman–Crippen LogP) is 5.85. The number of hydrazone groups is 1. The highest BCUT2D eigenvalue weighted by molar-refractivity contribution is 7.13. The van der Waals surface area contributed by atoms with Gasteiger partial charge in [0.25, 0.3) is 0 Å². The largest absolute Gasteiger partial charge is 0.489 e. The number of esters is 1. The molecule has 0 aliphatic heterocycles. The molecule has 0 spiro atoms. The average molecular weight is 502 g/mol. The predicted molar refractivity (Wildman–Crippen MR) is 142 cm³/mol. The highest BCUT2D eigenvalue weighted by Crippen LogP contribution is 2.26. The number of carbonyl (C=O) groups excluding carboxylic acids is 1. The number of rotatable bonds is 12. The third-order valence-electron chi connectivity index (χ3n) is 5.02. The van der Waals surface area contributed by atoms with Crippen molar-refractivity contribution in [2.24, 2.45) is 5.10 Å². The van der Waals surface area contributed by atoms with Crippen LogP contribution in [0.5, 0.6) is 11.5 Å². The van der Waals surface area contributed by atoms with Gasteiger partial charge in [0.15, 0.2) is 0 Å². The van der Waals surface area contributed by atoms with Crippen molar-refractivity contribution in [2.45, 2.75) is 26.6 Å². The first-order valence-corrected chi connectivity index (χ1v) is 12.4. The molecule has 0 saturated heterocycles. The number of aromatic nitrogens is 1. The maximum absolute atomic E-state index is 11.6. The van der Waals surface area contributed by atoms with E-state index < -0.39 is 0 Å². The van der Waals surface area contributed by atoms with Gasteiger partial charge in [-0.05, 0) is 30.2 Å². The summed E-state index contributed by atoms with van der Waals surface area (Å²) in [6, 6.07) is 25.6. The first-order chi connectivity index (χ1) is 17.7. The maximum Gasteiger partial charge on any atom is 0.311 e. The van der Waals surface area contributed by atoms with Crippen molar-refractivity contribution < 1.29 is 19.0 Å². The second kappa shape index (κ2) is 13.1. The summed E-state index contributed by atoms with van der Waals surface area (Å²) in [5.41, 5.74) is 6.50. The molecule has 36 heavy (non-hydrogen) atoms. The summed E-state index contributed by atoms with van der Waals surface area (Å²) in [5.74, 6) is 1.06. The van der Waals surface area contributed by atoms with Crippen molar-refractivity contribution in [1.82, 2.24) is 4.98 Å². The number of hydrogen-bond acceptors (Lipinski definition) is 8. The Balaban J connectivity index is 1.43. The molecular weight excluding hydrogens is 474 g/mol. The van der Waals surface area contributed by atoms with E-state index in [0.717, 1.165) is 16.7 Å². The Labute approximate surface area is 214 Å². The summed E-state index contributed by atoms with van der Waals surface area (Å²) < 4.78 is 17.1. The van der Waals surface area contributed by atoms with Crippen LogP contribution in [0.1, 0.15) is 29.3 Å². The van der Waals surface area contributed by atoms with Crippen molar-refractivity contribution in [1.29, 1.82) is 0 Å². The van der Waals surface area contributed by atoms with Crippen molar-refractivity contribution in [3.63, 3.8) is 0 Å². The molecule has 1 aromatic heterocycles. The number of carbonyl (C=O) groups is 1. The van der Waals surface area contributed by atoms with Gasteiger partial charge in [-0.3, -0.25) is 10.2 Å². The summed E-state index contributed by atoms with van der Waals surface area (Å²) in [7, 11) is 0. The zero-order chi connectivity index (χ0) is 25.0. The Bertz CT molecular complexity index is 1280. The molecule has 0 fully saturated rings. The van der Waals surface area contributed by atoms with Crippen LogP contribution in [-0.4, -0.2) is 23.8 Å². The Hall–Kier alpha value is -4.17. The van der Waals surface area contributed by atoms with E-state index in [1.54, 1.807) is 13.1 Å². The fourth-order valence-corrected chi connectivity index (χ4v) is 3.93. The van der Waals surface area contributed by atoms with Crippen molar-refractivity contribution in [3.8, 4) is 11.5 Å². The molecule has 7 nitrogen and oxygen atoms in total. The van der Waals surface area contributed by atoms with Crippen LogP contribution in [-0.2, 0) is 29.2 Å². The lowest BCUT2D eigenvalue weighted by Gasteiger charge is -2.12. The highest BCUT2D eigenvalue weighted by atomic mass is 32.1. The molecule has 4 aromatic rings. The van der Waals surface area contributed by atoms with Crippen LogP contribution < -0.4 is 14.9 Å². The Kier molecular flexibility index (Phi) is 9.05. The van der Waals surface area contributed by atoms with E-state index in [-0.39, 0.29) is 12.4 Å². The second-order valence-corrected chi connectivity index (χ2v) is 8.60. The van der Waals surface area contributed by atoms with Crippen LogP contribution in [0.2, 0.25) is 0 Å². The van der Waals surface area contributed by atoms with E-state index in [1.165, 1.54) is 11.3 Å². The molecule has 0 unspecified atom stereocenters. The third kappa shape index (κ3) is 7.68. The molecule has 0 amide bonds. The number of anilines is 1. The molecule has 1 N–H and O–H groups in total. The molecule has 8 heteroatoms. The first kappa shape index (κ1) is 24.9. The van der Waals surface area contributed by atoms with Crippen molar-refractivity contribution in [2.75, 3.05) is 12.0 Å². The van der Waals surface area contributed by atoms with Crippen LogP contribution in [0.4, 0.5) is 5.13 Å². The molecule has 0 aliphatic carbocycles. The molecule has 0 atom stereocenters. The third-order valence-corrected chi connectivity index (χ3v) is 5.81. The zero-order valence-corrected chi connectivity index (χ0v) is 20.7. The summed E-state index contributed by atoms with van der Waals surface area (Å²) in [6.45, 7) is 3.01. The Morgan fingerprint density at radius 2 is 1.67 bits per heavy atom. The molecule has 4 rings (SSSR count). The van der Waals surface area contributed by atoms with Crippen molar-refractivity contribution >= 4 is 28.7 Å². The molecule has 184 valence electrons. The lowest BCUT2D eigenvalue weighted by Crippen LogP contribution is -2.07. The maximum atomic E-state index is 11.6. The molecule has 0 aliphatic rings. The fourth-order valence-electron chi connectivity index (χ4n) is 3.27. The Morgan fingerprint density at radius 1 is 0.972 bits per heavy atom. The van der Waals surface area contributed by atoms with Crippen LogP contribution in [0, 0.1) is 0 Å². The summed E-state index contributed by atoms with van der Waals surface area (Å²) in [5, 5.41) is 6.71. The number of nitrogens with zero attached hydrogens (tertiary/aromatic N) is 2. The van der Waals surface area contributed by atoms with E-state index >= 15 is 0 Å². The van der Waals surface area contributed by atoms with Crippen LogP contribution >= 0.6 is 11.3 Å². The van der Waals surface area contributed by atoms with Gasteiger partial charge in [0.1, 0.15) is 24.7 Å². The summed E-state index contributed by atoms with van der Waals surface area (Å²) in [6.07, 6.45) is 1.81. The number of nitrogens with one attached hydrogen (secondary N) is 1. The minimum atomic E-state index is -0.298. The second-order valence-electron chi connectivity index (χ2n) is 7.74. The van der Waals surface area contributed by atoms with Crippen LogP contribution in [0.3, 0.4) is 0 Å². The van der Waals surface area contributed by atoms with Gasteiger partial charge in [0.05, 0.1) is 24.9 Å².